The molecule has 4 heteroatoms. The molecule has 0 heterocycles. The first kappa shape index (κ1) is 12.6. The van der Waals surface area contributed by atoms with Gasteiger partial charge in [0.1, 0.15) is 0 Å². The van der Waals surface area contributed by atoms with E-state index >= 15 is 0 Å². The largest absolute Gasteiger partial charge is 0.502 e. The number of methoxy groups -OCH3 is 2. The molecule has 1 unspecified atom stereocenters. The lowest BCUT2D eigenvalue weighted by molar-refractivity contribution is 0.339. The molecule has 1 atom stereocenters. The molecule has 0 radical (unpaired) electrons. The van der Waals surface area contributed by atoms with Gasteiger partial charge in [-0.25, -0.2) is 0 Å². The van der Waals surface area contributed by atoms with Crippen molar-refractivity contribution in [3.8, 4) is 17.2 Å². The van der Waals surface area contributed by atoms with Crippen molar-refractivity contribution < 1.29 is 14.6 Å². The van der Waals surface area contributed by atoms with Crippen LogP contribution in [0.3, 0.4) is 0 Å². The molecule has 90 valence electrons. The Morgan fingerprint density at radius 1 is 1.25 bits per heavy atom. The quantitative estimate of drug-likeness (QED) is 0.800. The highest BCUT2D eigenvalue weighted by Gasteiger charge is 2.11. The van der Waals surface area contributed by atoms with Crippen LogP contribution >= 0.6 is 0 Å². The Labute approximate surface area is 96.0 Å². The number of nitrogens with two attached hydrogens (primary N) is 1. The number of aryl methyl sites for hydroxylation is 1. The number of ether oxygens (including phenoxy) is 2. The van der Waals surface area contributed by atoms with E-state index in [0.717, 1.165) is 18.4 Å². The normalized spacial score (nSPS) is 12.2. The van der Waals surface area contributed by atoms with Crippen LogP contribution in [-0.2, 0) is 6.42 Å². The van der Waals surface area contributed by atoms with Crippen molar-refractivity contribution >= 4 is 0 Å². The zero-order valence-corrected chi connectivity index (χ0v) is 9.99. The van der Waals surface area contributed by atoms with Gasteiger partial charge in [-0.3, -0.25) is 0 Å². The average molecular weight is 225 g/mol. The summed E-state index contributed by atoms with van der Waals surface area (Å²) >= 11 is 0. The van der Waals surface area contributed by atoms with Crippen molar-refractivity contribution in [2.24, 2.45) is 5.73 Å². The maximum absolute atomic E-state index is 9.72. The molecule has 0 aromatic heterocycles. The highest BCUT2D eigenvalue weighted by molar-refractivity contribution is 5.52. The average Bonchev–Trinajstić information content (AvgIpc) is 2.27. The predicted molar refractivity (Wildman–Crippen MR) is 63.2 cm³/mol. The number of hydrogen-bond acceptors (Lipinski definition) is 4. The number of phenolic OH excluding ortho intramolecular Hbond substituents is 1. The Morgan fingerprint density at radius 3 is 2.12 bits per heavy atom. The van der Waals surface area contributed by atoms with E-state index in [2.05, 4.69) is 0 Å². The lowest BCUT2D eigenvalue weighted by atomic mass is 10.1. The lowest BCUT2D eigenvalue weighted by Gasteiger charge is -2.12. The fourth-order valence-electron chi connectivity index (χ4n) is 1.49. The first-order valence-electron chi connectivity index (χ1n) is 5.28. The van der Waals surface area contributed by atoms with Gasteiger partial charge in [0.2, 0.25) is 5.75 Å². The fourth-order valence-corrected chi connectivity index (χ4v) is 1.49. The van der Waals surface area contributed by atoms with Crippen molar-refractivity contribution in [2.45, 2.75) is 25.8 Å². The molecule has 1 aromatic rings. The molecule has 0 aliphatic rings. The van der Waals surface area contributed by atoms with E-state index in [1.807, 2.05) is 6.92 Å². The molecule has 16 heavy (non-hydrogen) atoms. The molecule has 0 saturated carbocycles. The Kier molecular flexibility index (Phi) is 4.43. The minimum atomic E-state index is 0.0366. The van der Waals surface area contributed by atoms with Gasteiger partial charge in [0.05, 0.1) is 14.2 Å². The Morgan fingerprint density at radius 2 is 1.75 bits per heavy atom. The van der Waals surface area contributed by atoms with Gasteiger partial charge in [-0.05, 0) is 37.5 Å². The first-order valence-corrected chi connectivity index (χ1v) is 5.28. The summed E-state index contributed by atoms with van der Waals surface area (Å²) in [7, 11) is 3.04. The summed E-state index contributed by atoms with van der Waals surface area (Å²) in [5.74, 6) is 0.896. The Bertz CT molecular complexity index is 325. The molecule has 0 fully saturated rings. The highest BCUT2D eigenvalue weighted by Crippen LogP contribution is 2.37. The van der Waals surface area contributed by atoms with Gasteiger partial charge < -0.3 is 20.3 Å². The lowest BCUT2D eigenvalue weighted by Crippen LogP contribution is -2.15. The van der Waals surface area contributed by atoms with Crippen molar-refractivity contribution in [2.75, 3.05) is 14.2 Å². The molecule has 0 amide bonds. The highest BCUT2D eigenvalue weighted by atomic mass is 16.5. The summed E-state index contributed by atoms with van der Waals surface area (Å²) in [5, 5.41) is 9.72. The zero-order chi connectivity index (χ0) is 12.1. The third-order valence-corrected chi connectivity index (χ3v) is 2.43. The number of aromatic hydroxyl groups is 1. The monoisotopic (exact) mass is 225 g/mol. The Balaban J connectivity index is 2.93. The molecule has 1 aromatic carbocycles. The summed E-state index contributed by atoms with van der Waals surface area (Å²) in [6.07, 6.45) is 1.72. The number of rotatable bonds is 5. The van der Waals surface area contributed by atoms with E-state index in [4.69, 9.17) is 15.2 Å². The van der Waals surface area contributed by atoms with E-state index in [1.54, 1.807) is 12.1 Å². The summed E-state index contributed by atoms with van der Waals surface area (Å²) in [4.78, 5) is 0. The van der Waals surface area contributed by atoms with Crippen LogP contribution < -0.4 is 15.2 Å². The van der Waals surface area contributed by atoms with Crippen molar-refractivity contribution in [1.29, 1.82) is 0 Å². The summed E-state index contributed by atoms with van der Waals surface area (Å²) in [5.41, 5.74) is 6.74. The molecular formula is C12H19NO3. The fraction of sp³-hybridized carbons (Fsp3) is 0.500. The number of benzene rings is 1. The maximum atomic E-state index is 9.72. The molecule has 0 aliphatic heterocycles. The summed E-state index contributed by atoms with van der Waals surface area (Å²) in [6, 6.07) is 3.77. The van der Waals surface area contributed by atoms with Gasteiger partial charge in [-0.15, -0.1) is 0 Å². The molecule has 0 spiro atoms. The van der Waals surface area contributed by atoms with E-state index in [0.29, 0.717) is 11.5 Å². The smallest absolute Gasteiger partial charge is 0.200 e. The maximum Gasteiger partial charge on any atom is 0.200 e. The van der Waals surface area contributed by atoms with Gasteiger partial charge in [-0.2, -0.15) is 0 Å². The predicted octanol–water partition coefficient (Wildman–Crippen LogP) is 1.69. The van der Waals surface area contributed by atoms with Crippen LogP contribution in [-0.4, -0.2) is 25.4 Å². The zero-order valence-electron chi connectivity index (χ0n) is 9.99. The van der Waals surface area contributed by atoms with Gasteiger partial charge >= 0.3 is 0 Å². The third kappa shape index (κ3) is 3.03. The molecule has 0 bridgehead atoms. The summed E-state index contributed by atoms with van der Waals surface area (Å²) < 4.78 is 10.1. The molecule has 4 nitrogen and oxygen atoms in total. The summed E-state index contributed by atoms with van der Waals surface area (Å²) in [6.45, 7) is 1.97. The van der Waals surface area contributed by atoms with Gasteiger partial charge in [0.15, 0.2) is 11.5 Å². The molecule has 0 saturated heterocycles. The molecule has 1 rings (SSSR count). The second kappa shape index (κ2) is 5.61. The van der Waals surface area contributed by atoms with Crippen molar-refractivity contribution in [3.63, 3.8) is 0 Å². The van der Waals surface area contributed by atoms with E-state index in [1.165, 1.54) is 14.2 Å². The standard InChI is InChI=1S/C12H19NO3/c1-8(13)4-5-9-6-10(15-2)12(14)11(7-9)16-3/h6-8,14H,4-5,13H2,1-3H3. The third-order valence-electron chi connectivity index (χ3n) is 2.43. The second-order valence-electron chi connectivity index (χ2n) is 3.86. The minimum Gasteiger partial charge on any atom is -0.502 e. The van der Waals surface area contributed by atoms with Crippen LogP contribution in [0.2, 0.25) is 0 Å². The van der Waals surface area contributed by atoms with Crippen LogP contribution in [0.4, 0.5) is 0 Å². The minimum absolute atomic E-state index is 0.0366. The van der Waals surface area contributed by atoms with Crippen molar-refractivity contribution in [3.05, 3.63) is 17.7 Å². The SMILES string of the molecule is COc1cc(CCC(C)N)cc(OC)c1O. The molecular weight excluding hydrogens is 206 g/mol. The van der Waals surface area contributed by atoms with E-state index in [9.17, 15) is 5.11 Å². The van der Waals surface area contributed by atoms with Gasteiger partial charge in [0.25, 0.3) is 0 Å². The van der Waals surface area contributed by atoms with E-state index in [-0.39, 0.29) is 11.8 Å². The van der Waals surface area contributed by atoms with E-state index < -0.39 is 0 Å². The molecule has 0 aliphatic carbocycles. The number of hydrogen-bond donors (Lipinski definition) is 2. The van der Waals surface area contributed by atoms with Crippen LogP contribution in [0.15, 0.2) is 12.1 Å². The second-order valence-corrected chi connectivity index (χ2v) is 3.86. The molecule has 3 N–H and O–H groups in total. The van der Waals surface area contributed by atoms with Crippen molar-refractivity contribution in [1.82, 2.24) is 0 Å². The Hall–Kier alpha value is -1.42. The first-order chi connectivity index (χ1) is 7.58. The van der Waals surface area contributed by atoms with Gasteiger partial charge in [0, 0.05) is 6.04 Å². The topological polar surface area (TPSA) is 64.7 Å². The van der Waals surface area contributed by atoms with Gasteiger partial charge in [-0.1, -0.05) is 0 Å². The van der Waals surface area contributed by atoms with Crippen LogP contribution in [0.1, 0.15) is 18.9 Å². The van der Waals surface area contributed by atoms with Crippen LogP contribution in [0.5, 0.6) is 17.2 Å². The number of phenols is 1. The van der Waals surface area contributed by atoms with Crippen LogP contribution in [0, 0.1) is 0 Å². The van der Waals surface area contributed by atoms with Crippen LogP contribution in [0.25, 0.3) is 0 Å².